The van der Waals surface area contributed by atoms with E-state index >= 15 is 0 Å². The van der Waals surface area contributed by atoms with Gasteiger partial charge in [0.15, 0.2) is 11.8 Å². The Labute approximate surface area is 153 Å². The van der Waals surface area contributed by atoms with Crippen LogP contribution in [-0.4, -0.2) is 34.9 Å². The van der Waals surface area contributed by atoms with E-state index in [9.17, 15) is 0 Å². The Kier molecular flexibility index (Phi) is 7.79. The van der Waals surface area contributed by atoms with Crippen LogP contribution in [0.15, 0.2) is 29.3 Å². The van der Waals surface area contributed by atoms with Crippen molar-refractivity contribution in [1.82, 2.24) is 25.4 Å². The Hall–Kier alpha value is -1.84. The summed E-state index contributed by atoms with van der Waals surface area (Å²) in [6.07, 6.45) is 0. The molecule has 0 aliphatic rings. The Morgan fingerprint density at radius 3 is 2.35 bits per heavy atom. The van der Waals surface area contributed by atoms with Crippen LogP contribution >= 0.6 is 24.0 Å². The van der Waals surface area contributed by atoms with E-state index < -0.39 is 0 Å². The summed E-state index contributed by atoms with van der Waals surface area (Å²) >= 11 is 0. The Morgan fingerprint density at radius 1 is 1.17 bits per heavy atom. The van der Waals surface area contributed by atoms with Crippen molar-refractivity contribution in [2.45, 2.75) is 20.0 Å². The summed E-state index contributed by atoms with van der Waals surface area (Å²) in [6, 6.07) is 7.92. The van der Waals surface area contributed by atoms with Crippen molar-refractivity contribution in [3.63, 3.8) is 0 Å². The number of nitrogens with zero attached hydrogens (tertiary/aromatic N) is 4. The Bertz CT molecular complexity index is 638. The van der Waals surface area contributed by atoms with E-state index in [0.717, 1.165) is 28.9 Å². The number of benzene rings is 1. The van der Waals surface area contributed by atoms with Crippen LogP contribution in [0.5, 0.6) is 5.75 Å². The SMILES string of the molecule is CN=C(NCc1ccc(OC)cc1)NCc1nnc(C)n1C.I. The number of ether oxygens (including phenoxy) is 1. The first-order chi connectivity index (χ1) is 10.6. The van der Waals surface area contributed by atoms with Gasteiger partial charge in [0, 0.05) is 20.6 Å². The highest BCUT2D eigenvalue weighted by molar-refractivity contribution is 14.0. The number of hydrogen-bond acceptors (Lipinski definition) is 4. The number of rotatable bonds is 5. The van der Waals surface area contributed by atoms with Gasteiger partial charge in [0.25, 0.3) is 0 Å². The summed E-state index contributed by atoms with van der Waals surface area (Å²) in [5.74, 6) is 3.32. The molecule has 23 heavy (non-hydrogen) atoms. The maximum atomic E-state index is 5.15. The van der Waals surface area contributed by atoms with Crippen LogP contribution in [0, 0.1) is 6.92 Å². The lowest BCUT2D eigenvalue weighted by Crippen LogP contribution is -2.36. The molecule has 0 unspecified atom stereocenters. The average Bonchev–Trinajstić information content (AvgIpc) is 2.87. The standard InChI is InChI=1S/C15H22N6O.HI/c1-11-19-20-14(21(11)3)10-18-15(16-2)17-9-12-5-7-13(22-4)8-6-12;/h5-8H,9-10H2,1-4H3,(H2,16,17,18);1H. The summed E-state index contributed by atoms with van der Waals surface area (Å²) in [5.41, 5.74) is 1.15. The van der Waals surface area contributed by atoms with Crippen molar-refractivity contribution in [2.75, 3.05) is 14.2 Å². The van der Waals surface area contributed by atoms with Gasteiger partial charge in [-0.25, -0.2) is 0 Å². The minimum Gasteiger partial charge on any atom is -0.497 e. The number of aromatic nitrogens is 3. The van der Waals surface area contributed by atoms with E-state index in [2.05, 4.69) is 25.8 Å². The zero-order valence-corrected chi connectivity index (χ0v) is 16.2. The van der Waals surface area contributed by atoms with Gasteiger partial charge in [0.1, 0.15) is 11.6 Å². The van der Waals surface area contributed by atoms with Gasteiger partial charge >= 0.3 is 0 Å². The molecule has 0 fully saturated rings. The number of aliphatic imine (C=N–C) groups is 1. The van der Waals surface area contributed by atoms with Crippen molar-refractivity contribution in [1.29, 1.82) is 0 Å². The van der Waals surface area contributed by atoms with Crippen LogP contribution in [-0.2, 0) is 20.1 Å². The van der Waals surface area contributed by atoms with Crippen molar-refractivity contribution in [3.05, 3.63) is 41.5 Å². The fraction of sp³-hybridized carbons (Fsp3) is 0.400. The van der Waals surface area contributed by atoms with Gasteiger partial charge in [-0.2, -0.15) is 0 Å². The first-order valence-electron chi connectivity index (χ1n) is 7.06. The fourth-order valence-corrected chi connectivity index (χ4v) is 1.92. The molecule has 0 radical (unpaired) electrons. The molecule has 1 heterocycles. The fourth-order valence-electron chi connectivity index (χ4n) is 1.92. The molecular weight excluding hydrogens is 407 g/mol. The quantitative estimate of drug-likeness (QED) is 0.429. The molecule has 0 amide bonds. The van der Waals surface area contributed by atoms with E-state index in [1.165, 1.54) is 0 Å². The number of methoxy groups -OCH3 is 1. The summed E-state index contributed by atoms with van der Waals surface area (Å²) in [5, 5.41) is 14.6. The van der Waals surface area contributed by atoms with Crippen LogP contribution in [0.25, 0.3) is 0 Å². The van der Waals surface area contributed by atoms with E-state index in [1.807, 2.05) is 42.8 Å². The van der Waals surface area contributed by atoms with Gasteiger partial charge in [0.2, 0.25) is 0 Å². The minimum atomic E-state index is 0. The number of guanidine groups is 1. The molecule has 2 aromatic rings. The third kappa shape index (κ3) is 5.38. The van der Waals surface area contributed by atoms with E-state index in [1.54, 1.807) is 14.2 Å². The molecule has 8 heteroatoms. The maximum Gasteiger partial charge on any atom is 0.191 e. The van der Waals surface area contributed by atoms with Gasteiger partial charge in [-0.3, -0.25) is 4.99 Å². The van der Waals surface area contributed by atoms with E-state index in [4.69, 9.17) is 4.74 Å². The van der Waals surface area contributed by atoms with Crippen molar-refractivity contribution in [3.8, 4) is 5.75 Å². The lowest BCUT2D eigenvalue weighted by Gasteiger charge is -2.12. The second kappa shape index (κ2) is 9.33. The smallest absolute Gasteiger partial charge is 0.191 e. The van der Waals surface area contributed by atoms with Gasteiger partial charge in [-0.15, -0.1) is 34.2 Å². The lowest BCUT2D eigenvalue weighted by molar-refractivity contribution is 0.414. The highest BCUT2D eigenvalue weighted by atomic mass is 127. The number of hydrogen-bond donors (Lipinski definition) is 2. The van der Waals surface area contributed by atoms with Crippen molar-refractivity contribution in [2.24, 2.45) is 12.0 Å². The zero-order valence-electron chi connectivity index (χ0n) is 13.8. The molecule has 2 N–H and O–H groups in total. The average molecular weight is 430 g/mol. The van der Waals surface area contributed by atoms with Crippen molar-refractivity contribution < 1.29 is 4.74 Å². The molecule has 1 aromatic heterocycles. The molecule has 0 aliphatic heterocycles. The number of nitrogens with one attached hydrogen (secondary N) is 2. The Morgan fingerprint density at radius 2 is 1.83 bits per heavy atom. The highest BCUT2D eigenvalue weighted by Gasteiger charge is 2.05. The second-order valence-corrected chi connectivity index (χ2v) is 4.85. The number of halogens is 1. The summed E-state index contributed by atoms with van der Waals surface area (Å²) < 4.78 is 7.09. The van der Waals surface area contributed by atoms with Crippen molar-refractivity contribution >= 4 is 29.9 Å². The largest absolute Gasteiger partial charge is 0.497 e. The summed E-state index contributed by atoms with van der Waals surface area (Å²) in [6.45, 7) is 3.17. The first kappa shape index (κ1) is 19.2. The monoisotopic (exact) mass is 430 g/mol. The van der Waals surface area contributed by atoms with E-state index in [0.29, 0.717) is 13.1 Å². The summed E-state index contributed by atoms with van der Waals surface area (Å²) in [4.78, 5) is 4.20. The van der Waals surface area contributed by atoms with E-state index in [-0.39, 0.29) is 24.0 Å². The number of aryl methyl sites for hydroxylation is 1. The lowest BCUT2D eigenvalue weighted by atomic mass is 10.2. The molecule has 7 nitrogen and oxygen atoms in total. The molecule has 2 rings (SSSR count). The molecular formula is C15H23IN6O. The zero-order chi connectivity index (χ0) is 15.9. The van der Waals surface area contributed by atoms with Gasteiger partial charge < -0.3 is 19.9 Å². The topological polar surface area (TPSA) is 76.4 Å². The normalized spacial score (nSPS) is 10.9. The van der Waals surface area contributed by atoms with Crippen LogP contribution in [0.2, 0.25) is 0 Å². The minimum absolute atomic E-state index is 0. The predicted octanol–water partition coefficient (Wildman–Crippen LogP) is 1.62. The third-order valence-electron chi connectivity index (χ3n) is 3.44. The van der Waals surface area contributed by atoms with Gasteiger partial charge in [-0.05, 0) is 24.6 Å². The summed E-state index contributed by atoms with van der Waals surface area (Å²) in [7, 11) is 5.35. The molecule has 126 valence electrons. The predicted molar refractivity (Wildman–Crippen MR) is 101 cm³/mol. The molecule has 0 bridgehead atoms. The van der Waals surface area contributed by atoms with Gasteiger partial charge in [-0.1, -0.05) is 12.1 Å². The molecule has 1 aromatic carbocycles. The van der Waals surface area contributed by atoms with Crippen LogP contribution in [0.4, 0.5) is 0 Å². The molecule has 0 atom stereocenters. The molecule has 0 spiro atoms. The first-order valence-corrected chi connectivity index (χ1v) is 7.06. The van der Waals surface area contributed by atoms with Gasteiger partial charge in [0.05, 0.1) is 13.7 Å². The Balaban J connectivity index is 0.00000264. The molecule has 0 saturated carbocycles. The second-order valence-electron chi connectivity index (χ2n) is 4.85. The van der Waals surface area contributed by atoms with Crippen LogP contribution < -0.4 is 15.4 Å². The van der Waals surface area contributed by atoms with Crippen LogP contribution in [0.1, 0.15) is 17.2 Å². The molecule has 0 aliphatic carbocycles. The van der Waals surface area contributed by atoms with Crippen LogP contribution in [0.3, 0.4) is 0 Å². The molecule has 0 saturated heterocycles. The third-order valence-corrected chi connectivity index (χ3v) is 3.44. The highest BCUT2D eigenvalue weighted by Crippen LogP contribution is 2.10. The maximum absolute atomic E-state index is 5.15.